The lowest BCUT2D eigenvalue weighted by Crippen LogP contribution is -2.54. The fourth-order valence-electron chi connectivity index (χ4n) is 3.82. The number of nitrogens with zero attached hydrogens (tertiary/aromatic N) is 4. The summed E-state index contributed by atoms with van der Waals surface area (Å²) < 4.78 is 17.1. The number of esters is 1. The first-order valence-corrected chi connectivity index (χ1v) is 10.4. The summed E-state index contributed by atoms with van der Waals surface area (Å²) in [6.07, 6.45) is -0.918. The number of nitrogen functional groups attached to an aromatic ring is 1. The molecule has 6 N–H and O–H groups in total. The highest BCUT2D eigenvalue weighted by atomic mass is 16.6. The Hall–Kier alpha value is -3.81. The van der Waals surface area contributed by atoms with E-state index >= 15 is 0 Å². The molecule has 4 rings (SSSR count). The van der Waals surface area contributed by atoms with Crippen LogP contribution in [0.1, 0.15) is 11.8 Å². The van der Waals surface area contributed by atoms with Gasteiger partial charge in [0.05, 0.1) is 32.6 Å². The Morgan fingerprint density at radius 1 is 1.24 bits per heavy atom. The number of benzene rings is 1. The minimum Gasteiger partial charge on any atom is -0.497 e. The summed E-state index contributed by atoms with van der Waals surface area (Å²) in [5, 5.41) is 13.6. The number of methoxy groups -OCH3 is 2. The number of amides is 1. The standard InChI is InChI=1S/C21H25N7O6/c1-32-11-5-3-10(4-6-11)7-12(22)19(30)27-13-15(29)20(34-16(13)21(31)33-2)28-9-26-14-17(23)24-8-25-18(14)28/h3-6,8-9,12-13,15-16,20,29H,7,22H2,1-2H3,(H,27,30)(H2,23,24,25)/t12-,13-,15+,16-,20+/m0/s1. The largest absolute Gasteiger partial charge is 0.497 e. The Bertz CT molecular complexity index is 1180. The molecule has 1 aliphatic heterocycles. The van der Waals surface area contributed by atoms with E-state index in [1.165, 1.54) is 24.3 Å². The number of rotatable bonds is 7. The van der Waals surface area contributed by atoms with Crippen molar-refractivity contribution in [1.29, 1.82) is 0 Å². The second-order valence-corrected chi connectivity index (χ2v) is 7.74. The zero-order chi connectivity index (χ0) is 24.4. The van der Waals surface area contributed by atoms with Gasteiger partial charge in [-0.05, 0) is 24.1 Å². The lowest BCUT2D eigenvalue weighted by Gasteiger charge is -2.22. The van der Waals surface area contributed by atoms with E-state index in [1.54, 1.807) is 31.4 Å². The van der Waals surface area contributed by atoms with Crippen molar-refractivity contribution >= 4 is 28.9 Å². The molecular weight excluding hydrogens is 446 g/mol. The summed E-state index contributed by atoms with van der Waals surface area (Å²) >= 11 is 0. The van der Waals surface area contributed by atoms with Crippen LogP contribution in [0.4, 0.5) is 5.82 Å². The van der Waals surface area contributed by atoms with Crippen LogP contribution in [-0.4, -0.2) is 75.0 Å². The van der Waals surface area contributed by atoms with Crippen LogP contribution in [0.15, 0.2) is 36.9 Å². The lowest BCUT2D eigenvalue weighted by atomic mass is 10.0. The Labute approximate surface area is 194 Å². The quantitative estimate of drug-likeness (QED) is 0.306. The Morgan fingerprint density at radius 3 is 2.65 bits per heavy atom. The van der Waals surface area contributed by atoms with Crippen LogP contribution in [0.2, 0.25) is 0 Å². The van der Waals surface area contributed by atoms with Gasteiger partial charge < -0.3 is 36.1 Å². The van der Waals surface area contributed by atoms with Crippen molar-refractivity contribution < 1.29 is 28.9 Å². The highest BCUT2D eigenvalue weighted by molar-refractivity contribution is 5.84. The third-order valence-corrected chi connectivity index (χ3v) is 5.63. The van der Waals surface area contributed by atoms with E-state index in [0.29, 0.717) is 16.9 Å². The van der Waals surface area contributed by atoms with Crippen LogP contribution < -0.4 is 21.5 Å². The number of carbonyl (C=O) groups is 2. The van der Waals surface area contributed by atoms with Gasteiger partial charge in [-0.25, -0.2) is 19.7 Å². The van der Waals surface area contributed by atoms with Crippen molar-refractivity contribution in [2.24, 2.45) is 5.73 Å². The molecular formula is C21H25N7O6. The fraction of sp³-hybridized carbons (Fsp3) is 0.381. The van der Waals surface area contributed by atoms with Crippen molar-refractivity contribution in [3.8, 4) is 5.75 Å². The number of anilines is 1. The van der Waals surface area contributed by atoms with Gasteiger partial charge in [0, 0.05) is 0 Å². The molecule has 1 saturated heterocycles. The number of carbonyl (C=O) groups excluding carboxylic acids is 2. The molecule has 1 fully saturated rings. The number of aromatic nitrogens is 4. The molecule has 0 aliphatic carbocycles. The van der Waals surface area contributed by atoms with Crippen LogP contribution in [0.3, 0.4) is 0 Å². The first-order chi connectivity index (χ1) is 16.3. The zero-order valence-electron chi connectivity index (χ0n) is 18.5. The summed E-state index contributed by atoms with van der Waals surface area (Å²) in [5.74, 6) is -0.511. The van der Waals surface area contributed by atoms with E-state index in [1.807, 2.05) is 0 Å². The minimum absolute atomic E-state index is 0.148. The van der Waals surface area contributed by atoms with E-state index in [9.17, 15) is 14.7 Å². The second-order valence-electron chi connectivity index (χ2n) is 7.74. The molecule has 0 saturated carbocycles. The number of fused-ring (bicyclic) bond motifs is 1. The number of aliphatic hydroxyl groups is 1. The van der Waals surface area contributed by atoms with E-state index < -0.39 is 42.4 Å². The van der Waals surface area contributed by atoms with Gasteiger partial charge in [-0.15, -0.1) is 0 Å². The molecule has 1 amide bonds. The van der Waals surface area contributed by atoms with Gasteiger partial charge >= 0.3 is 5.97 Å². The summed E-state index contributed by atoms with van der Waals surface area (Å²) in [5.41, 5.74) is 13.3. The van der Waals surface area contributed by atoms with Crippen LogP contribution in [-0.2, 0) is 25.5 Å². The van der Waals surface area contributed by atoms with Crippen LogP contribution in [0.25, 0.3) is 11.2 Å². The smallest absolute Gasteiger partial charge is 0.337 e. The van der Waals surface area contributed by atoms with Gasteiger partial charge in [0.25, 0.3) is 0 Å². The molecule has 3 heterocycles. The SMILES string of the molecule is COC(=O)[C@H]1O[C@@H](n2cnc3c(N)ncnc32)[C@H](O)[C@@H]1NC(=O)[C@@H](N)Cc1ccc(OC)cc1. The zero-order valence-corrected chi connectivity index (χ0v) is 18.5. The molecule has 34 heavy (non-hydrogen) atoms. The third kappa shape index (κ3) is 4.35. The number of hydrogen-bond donors (Lipinski definition) is 4. The maximum absolute atomic E-state index is 12.8. The van der Waals surface area contributed by atoms with E-state index in [4.69, 9.17) is 25.7 Å². The maximum Gasteiger partial charge on any atom is 0.337 e. The Morgan fingerprint density at radius 2 is 1.97 bits per heavy atom. The first kappa shape index (κ1) is 23.4. The van der Waals surface area contributed by atoms with Gasteiger partial charge in [-0.3, -0.25) is 9.36 Å². The van der Waals surface area contributed by atoms with Gasteiger partial charge in [0.15, 0.2) is 23.8 Å². The summed E-state index contributed by atoms with van der Waals surface area (Å²) in [7, 11) is 2.74. The molecule has 0 radical (unpaired) electrons. The van der Waals surface area contributed by atoms with E-state index in [0.717, 1.165) is 5.56 Å². The number of nitrogens with two attached hydrogens (primary N) is 2. The topological polar surface area (TPSA) is 190 Å². The maximum atomic E-state index is 12.8. The number of hydrogen-bond acceptors (Lipinski definition) is 11. The highest BCUT2D eigenvalue weighted by Gasteiger charge is 2.50. The first-order valence-electron chi connectivity index (χ1n) is 10.4. The van der Waals surface area contributed by atoms with Crippen LogP contribution >= 0.6 is 0 Å². The summed E-state index contributed by atoms with van der Waals surface area (Å²) in [4.78, 5) is 37.4. The molecule has 5 atom stereocenters. The fourth-order valence-corrected chi connectivity index (χ4v) is 3.82. The van der Waals surface area contributed by atoms with Gasteiger partial charge in [0.2, 0.25) is 5.91 Å². The van der Waals surface area contributed by atoms with E-state index in [2.05, 4.69) is 20.3 Å². The number of imidazole rings is 1. The molecule has 0 unspecified atom stereocenters. The molecule has 3 aromatic rings. The molecule has 2 aromatic heterocycles. The average molecular weight is 471 g/mol. The van der Waals surface area contributed by atoms with Crippen molar-refractivity contribution in [2.45, 2.75) is 36.9 Å². The number of nitrogens with one attached hydrogen (secondary N) is 1. The molecule has 1 aliphatic rings. The Kier molecular flexibility index (Phi) is 6.58. The molecule has 13 nitrogen and oxygen atoms in total. The minimum atomic E-state index is -1.35. The van der Waals surface area contributed by atoms with Crippen molar-refractivity contribution in [1.82, 2.24) is 24.8 Å². The summed E-state index contributed by atoms with van der Waals surface area (Å²) in [6, 6.07) is 5.04. The molecule has 0 spiro atoms. The predicted molar refractivity (Wildman–Crippen MR) is 118 cm³/mol. The summed E-state index contributed by atoms with van der Waals surface area (Å²) in [6.45, 7) is 0. The van der Waals surface area contributed by atoms with Crippen molar-refractivity contribution in [2.75, 3.05) is 20.0 Å². The highest BCUT2D eigenvalue weighted by Crippen LogP contribution is 2.32. The van der Waals surface area contributed by atoms with Gasteiger partial charge in [-0.2, -0.15) is 0 Å². The molecule has 13 heteroatoms. The average Bonchev–Trinajstić information content (AvgIpc) is 3.41. The van der Waals surface area contributed by atoms with E-state index in [-0.39, 0.29) is 12.2 Å². The number of ether oxygens (including phenoxy) is 3. The van der Waals surface area contributed by atoms with Crippen molar-refractivity contribution in [3.05, 3.63) is 42.5 Å². The predicted octanol–water partition coefficient (Wildman–Crippen LogP) is -1.10. The molecule has 1 aromatic carbocycles. The van der Waals surface area contributed by atoms with Crippen LogP contribution in [0, 0.1) is 0 Å². The van der Waals surface area contributed by atoms with Crippen LogP contribution in [0.5, 0.6) is 5.75 Å². The second kappa shape index (κ2) is 9.59. The monoisotopic (exact) mass is 471 g/mol. The molecule has 180 valence electrons. The van der Waals surface area contributed by atoms with Gasteiger partial charge in [0.1, 0.15) is 23.7 Å². The Balaban J connectivity index is 1.53. The van der Waals surface area contributed by atoms with Crippen molar-refractivity contribution in [3.63, 3.8) is 0 Å². The number of aliphatic hydroxyl groups excluding tert-OH is 1. The van der Waals surface area contributed by atoms with Gasteiger partial charge in [-0.1, -0.05) is 12.1 Å². The third-order valence-electron chi connectivity index (χ3n) is 5.63. The molecule has 0 bridgehead atoms. The lowest BCUT2D eigenvalue weighted by molar-refractivity contribution is -0.156. The normalized spacial score (nSPS) is 22.9.